The van der Waals surface area contributed by atoms with Gasteiger partial charge in [-0.05, 0) is 19.3 Å². The molecule has 0 aromatic carbocycles. The third kappa shape index (κ3) is 7.77. The first-order chi connectivity index (χ1) is 7.99. The minimum atomic E-state index is -0.734. The van der Waals surface area contributed by atoms with Gasteiger partial charge >= 0.3 is 11.9 Å². The van der Waals surface area contributed by atoms with Crippen molar-refractivity contribution in [3.63, 3.8) is 0 Å². The van der Waals surface area contributed by atoms with Gasteiger partial charge in [-0.25, -0.2) is 0 Å². The number of carboxylic acid groups (broad SMARTS) is 2. The van der Waals surface area contributed by atoms with Crippen LogP contribution in [0, 0.1) is 11.8 Å². The molecular formula is C13H24O4. The largest absolute Gasteiger partial charge is 0.481 e. The van der Waals surface area contributed by atoms with Crippen molar-refractivity contribution in [2.45, 2.75) is 58.8 Å². The summed E-state index contributed by atoms with van der Waals surface area (Å²) in [6, 6.07) is 0. The number of hydrogen-bond donors (Lipinski definition) is 2. The molecule has 0 aliphatic carbocycles. The lowest BCUT2D eigenvalue weighted by atomic mass is 9.97. The Morgan fingerprint density at radius 2 is 1.47 bits per heavy atom. The van der Waals surface area contributed by atoms with E-state index in [1.807, 2.05) is 6.92 Å². The standard InChI is InChI=1S/C13H24O4/c1-3-11(13(16)17)9-7-5-4-6-8-10(2)12(14)15/h10-11H,3-9H2,1-2H3,(H,14,15)(H,16,17). The molecule has 4 heteroatoms. The molecule has 0 spiro atoms. The minimum Gasteiger partial charge on any atom is -0.481 e. The summed E-state index contributed by atoms with van der Waals surface area (Å²) in [6.07, 6.45) is 5.96. The zero-order chi connectivity index (χ0) is 13.3. The fraction of sp³-hybridized carbons (Fsp3) is 0.846. The molecule has 0 aliphatic heterocycles. The number of carboxylic acids is 2. The Kier molecular flexibility index (Phi) is 8.46. The van der Waals surface area contributed by atoms with Gasteiger partial charge in [-0.3, -0.25) is 9.59 Å². The van der Waals surface area contributed by atoms with Crippen LogP contribution in [0.15, 0.2) is 0 Å². The molecule has 4 nitrogen and oxygen atoms in total. The van der Waals surface area contributed by atoms with Gasteiger partial charge in [0.15, 0.2) is 0 Å². The van der Waals surface area contributed by atoms with E-state index in [0.29, 0.717) is 12.8 Å². The molecule has 2 N–H and O–H groups in total. The summed E-state index contributed by atoms with van der Waals surface area (Å²) in [6.45, 7) is 3.62. The van der Waals surface area contributed by atoms with Crippen molar-refractivity contribution in [1.29, 1.82) is 0 Å². The van der Waals surface area contributed by atoms with E-state index in [1.54, 1.807) is 6.92 Å². The van der Waals surface area contributed by atoms with Crippen molar-refractivity contribution in [3.05, 3.63) is 0 Å². The van der Waals surface area contributed by atoms with Crippen molar-refractivity contribution in [3.8, 4) is 0 Å². The Hall–Kier alpha value is -1.06. The number of aliphatic carboxylic acids is 2. The molecule has 0 aliphatic rings. The van der Waals surface area contributed by atoms with Crippen molar-refractivity contribution >= 4 is 11.9 Å². The summed E-state index contributed by atoms with van der Waals surface area (Å²) in [5.41, 5.74) is 0. The normalized spacial score (nSPS) is 14.2. The minimum absolute atomic E-state index is 0.215. The maximum Gasteiger partial charge on any atom is 0.306 e. The SMILES string of the molecule is CCC(CCCCCCC(C)C(=O)O)C(=O)O. The van der Waals surface area contributed by atoms with E-state index in [-0.39, 0.29) is 11.8 Å². The fourth-order valence-electron chi connectivity index (χ4n) is 1.82. The summed E-state index contributed by atoms with van der Waals surface area (Å²) in [4.78, 5) is 21.3. The van der Waals surface area contributed by atoms with E-state index in [1.165, 1.54) is 0 Å². The smallest absolute Gasteiger partial charge is 0.306 e. The number of carbonyl (C=O) groups is 2. The van der Waals surface area contributed by atoms with Crippen LogP contribution in [0.3, 0.4) is 0 Å². The summed E-state index contributed by atoms with van der Waals surface area (Å²) in [7, 11) is 0. The number of rotatable bonds is 10. The van der Waals surface area contributed by atoms with Gasteiger partial charge in [-0.2, -0.15) is 0 Å². The lowest BCUT2D eigenvalue weighted by Crippen LogP contribution is -2.12. The molecular weight excluding hydrogens is 220 g/mol. The number of unbranched alkanes of at least 4 members (excludes halogenated alkanes) is 3. The predicted octanol–water partition coefficient (Wildman–Crippen LogP) is 3.16. The molecule has 100 valence electrons. The molecule has 2 unspecified atom stereocenters. The van der Waals surface area contributed by atoms with Gasteiger partial charge in [0.05, 0.1) is 11.8 Å². The van der Waals surface area contributed by atoms with E-state index in [9.17, 15) is 9.59 Å². The average Bonchev–Trinajstić information content (AvgIpc) is 2.27. The lowest BCUT2D eigenvalue weighted by Gasteiger charge is -2.09. The second-order valence-corrected chi connectivity index (χ2v) is 4.67. The molecule has 0 saturated heterocycles. The molecule has 0 heterocycles. The summed E-state index contributed by atoms with van der Waals surface area (Å²) in [5, 5.41) is 17.5. The molecule has 0 fully saturated rings. The highest BCUT2D eigenvalue weighted by Gasteiger charge is 2.14. The summed E-state index contributed by atoms with van der Waals surface area (Å²) >= 11 is 0. The van der Waals surface area contributed by atoms with E-state index < -0.39 is 11.9 Å². The second-order valence-electron chi connectivity index (χ2n) is 4.67. The molecule has 0 radical (unpaired) electrons. The van der Waals surface area contributed by atoms with Gasteiger partial charge in [0, 0.05) is 0 Å². The Morgan fingerprint density at radius 3 is 1.88 bits per heavy atom. The molecule has 0 rings (SSSR count). The first kappa shape index (κ1) is 15.9. The Balaban J connectivity index is 3.46. The van der Waals surface area contributed by atoms with Crippen LogP contribution in [-0.4, -0.2) is 22.2 Å². The van der Waals surface area contributed by atoms with Crippen molar-refractivity contribution in [2.75, 3.05) is 0 Å². The first-order valence-corrected chi connectivity index (χ1v) is 6.44. The molecule has 2 atom stereocenters. The number of hydrogen-bond acceptors (Lipinski definition) is 2. The molecule has 17 heavy (non-hydrogen) atoms. The monoisotopic (exact) mass is 244 g/mol. The quantitative estimate of drug-likeness (QED) is 0.579. The van der Waals surface area contributed by atoms with Crippen molar-refractivity contribution in [1.82, 2.24) is 0 Å². The van der Waals surface area contributed by atoms with Gasteiger partial charge in [0.2, 0.25) is 0 Å². The zero-order valence-corrected chi connectivity index (χ0v) is 10.8. The van der Waals surface area contributed by atoms with Crippen LogP contribution in [-0.2, 0) is 9.59 Å². The fourth-order valence-corrected chi connectivity index (χ4v) is 1.82. The van der Waals surface area contributed by atoms with E-state index in [4.69, 9.17) is 10.2 Å². The van der Waals surface area contributed by atoms with E-state index in [0.717, 1.165) is 32.1 Å². The molecule has 0 aromatic heterocycles. The summed E-state index contributed by atoms with van der Waals surface area (Å²) in [5.74, 6) is -1.92. The Labute approximate surface area is 103 Å². The van der Waals surface area contributed by atoms with Crippen LogP contribution in [0.25, 0.3) is 0 Å². The van der Waals surface area contributed by atoms with Crippen molar-refractivity contribution in [2.24, 2.45) is 11.8 Å². The maximum absolute atomic E-state index is 10.7. The Bertz CT molecular complexity index is 238. The highest BCUT2D eigenvalue weighted by atomic mass is 16.4. The Morgan fingerprint density at radius 1 is 0.941 bits per heavy atom. The topological polar surface area (TPSA) is 74.6 Å². The third-order valence-electron chi connectivity index (χ3n) is 3.20. The summed E-state index contributed by atoms with van der Waals surface area (Å²) < 4.78 is 0. The molecule has 0 aromatic rings. The second kappa shape index (κ2) is 9.02. The molecule has 0 saturated carbocycles. The van der Waals surface area contributed by atoms with Crippen LogP contribution in [0.5, 0.6) is 0 Å². The van der Waals surface area contributed by atoms with E-state index >= 15 is 0 Å². The molecule has 0 amide bonds. The highest BCUT2D eigenvalue weighted by molar-refractivity contribution is 5.69. The molecule has 0 bridgehead atoms. The maximum atomic E-state index is 10.7. The average molecular weight is 244 g/mol. The van der Waals surface area contributed by atoms with Gasteiger partial charge < -0.3 is 10.2 Å². The van der Waals surface area contributed by atoms with Gasteiger partial charge in [-0.1, -0.05) is 39.5 Å². The first-order valence-electron chi connectivity index (χ1n) is 6.44. The van der Waals surface area contributed by atoms with Gasteiger partial charge in [0.25, 0.3) is 0 Å². The lowest BCUT2D eigenvalue weighted by molar-refractivity contribution is -0.142. The van der Waals surface area contributed by atoms with Crippen LogP contribution in [0.2, 0.25) is 0 Å². The van der Waals surface area contributed by atoms with Gasteiger partial charge in [-0.15, -0.1) is 0 Å². The van der Waals surface area contributed by atoms with Crippen LogP contribution in [0.4, 0.5) is 0 Å². The van der Waals surface area contributed by atoms with Crippen LogP contribution < -0.4 is 0 Å². The third-order valence-corrected chi connectivity index (χ3v) is 3.20. The van der Waals surface area contributed by atoms with Crippen molar-refractivity contribution < 1.29 is 19.8 Å². The van der Waals surface area contributed by atoms with Crippen LogP contribution >= 0.6 is 0 Å². The van der Waals surface area contributed by atoms with Gasteiger partial charge in [0.1, 0.15) is 0 Å². The zero-order valence-electron chi connectivity index (χ0n) is 10.8. The van der Waals surface area contributed by atoms with Crippen LogP contribution in [0.1, 0.15) is 58.8 Å². The van der Waals surface area contributed by atoms with E-state index in [2.05, 4.69) is 0 Å². The highest BCUT2D eigenvalue weighted by Crippen LogP contribution is 2.16. The predicted molar refractivity (Wildman–Crippen MR) is 65.9 cm³/mol.